The van der Waals surface area contributed by atoms with E-state index in [-0.39, 0.29) is 15.7 Å². The second-order valence-electron chi connectivity index (χ2n) is 5.62. The second-order valence-corrected chi connectivity index (χ2v) is 8.21. The van der Waals surface area contributed by atoms with E-state index in [2.05, 4.69) is 15.5 Å². The molecule has 0 saturated carbocycles. The second kappa shape index (κ2) is 7.98. The van der Waals surface area contributed by atoms with Crippen LogP contribution in [0.3, 0.4) is 0 Å². The fourth-order valence-electron chi connectivity index (χ4n) is 2.29. The number of halogens is 6. The van der Waals surface area contributed by atoms with Crippen LogP contribution in [0.2, 0.25) is 15.1 Å². The minimum absolute atomic E-state index is 0.0866. The average molecular weight is 470 g/mol. The van der Waals surface area contributed by atoms with Crippen molar-refractivity contribution in [2.75, 3.05) is 5.32 Å². The van der Waals surface area contributed by atoms with E-state index in [9.17, 15) is 18.0 Å². The summed E-state index contributed by atoms with van der Waals surface area (Å²) in [5, 5.41) is 10.2. The van der Waals surface area contributed by atoms with Gasteiger partial charge in [-0.15, -0.1) is 10.2 Å². The third-order valence-corrected chi connectivity index (χ3v) is 5.37. The maximum absolute atomic E-state index is 13.2. The zero-order chi connectivity index (χ0) is 20.6. The molecule has 1 N–H and O–H groups in total. The number of rotatable bonds is 4. The highest BCUT2D eigenvalue weighted by Gasteiger charge is 2.34. The van der Waals surface area contributed by atoms with Gasteiger partial charge in [-0.25, -0.2) is 0 Å². The molecule has 12 heteroatoms. The van der Waals surface area contributed by atoms with Crippen LogP contribution in [-0.4, -0.2) is 25.8 Å². The van der Waals surface area contributed by atoms with Gasteiger partial charge >= 0.3 is 6.18 Å². The monoisotopic (exact) mass is 468 g/mol. The van der Waals surface area contributed by atoms with E-state index in [0.717, 1.165) is 23.9 Å². The van der Waals surface area contributed by atoms with Crippen molar-refractivity contribution in [3.63, 3.8) is 0 Å². The molecule has 0 radical (unpaired) electrons. The van der Waals surface area contributed by atoms with Gasteiger partial charge in [-0.05, 0) is 31.2 Å². The number of nitrogens with one attached hydrogen (secondary N) is 1. The van der Waals surface area contributed by atoms with Gasteiger partial charge in [0.15, 0.2) is 10.8 Å². The molecule has 1 aromatic carbocycles. The fraction of sp³-hybridized carbons (Fsp3) is 0.188. The molecule has 3 rings (SSSR count). The van der Waals surface area contributed by atoms with Crippen molar-refractivity contribution in [3.05, 3.63) is 51.1 Å². The number of anilines is 1. The number of carbonyl (C=O) groups excluding carboxylic acids is 1. The van der Waals surface area contributed by atoms with Crippen molar-refractivity contribution in [3.8, 4) is 0 Å². The van der Waals surface area contributed by atoms with Gasteiger partial charge in [0.05, 0.1) is 26.5 Å². The third-order valence-electron chi connectivity index (χ3n) is 3.59. The summed E-state index contributed by atoms with van der Waals surface area (Å²) in [6, 6.07) is 4.62. The minimum Gasteiger partial charge on any atom is -0.325 e. The quantitative estimate of drug-likeness (QED) is 0.489. The van der Waals surface area contributed by atoms with E-state index in [1.165, 1.54) is 29.7 Å². The molecule has 0 aliphatic heterocycles. The Bertz CT molecular complexity index is 1060. The number of alkyl halides is 3. The zero-order valence-corrected chi connectivity index (χ0v) is 17.0. The topological polar surface area (TPSA) is 59.3 Å². The molecule has 1 unspecified atom stereocenters. The highest BCUT2D eigenvalue weighted by molar-refractivity contribution is 8.00. The van der Waals surface area contributed by atoms with Crippen LogP contribution in [0, 0.1) is 0 Å². The van der Waals surface area contributed by atoms with E-state index in [4.69, 9.17) is 34.8 Å². The Kier molecular flexibility index (Phi) is 6.00. The lowest BCUT2D eigenvalue weighted by Crippen LogP contribution is -2.24. The van der Waals surface area contributed by atoms with Gasteiger partial charge in [0.25, 0.3) is 0 Å². The van der Waals surface area contributed by atoms with Crippen LogP contribution < -0.4 is 5.32 Å². The number of carbonyl (C=O) groups is 1. The van der Waals surface area contributed by atoms with Gasteiger partial charge in [0.2, 0.25) is 5.91 Å². The molecule has 1 amide bonds. The predicted octanol–water partition coefficient (Wildman–Crippen LogP) is 5.83. The van der Waals surface area contributed by atoms with Crippen molar-refractivity contribution in [1.29, 1.82) is 0 Å². The van der Waals surface area contributed by atoms with Crippen molar-refractivity contribution >= 4 is 63.8 Å². The lowest BCUT2D eigenvalue weighted by Gasteiger charge is -2.16. The largest absolute Gasteiger partial charge is 0.418 e. The maximum Gasteiger partial charge on any atom is 0.418 e. The first kappa shape index (κ1) is 21.0. The van der Waals surface area contributed by atoms with Crippen molar-refractivity contribution in [2.24, 2.45) is 0 Å². The molecule has 0 spiro atoms. The van der Waals surface area contributed by atoms with Gasteiger partial charge in [-0.2, -0.15) is 13.2 Å². The SMILES string of the molecule is CC(Sc1nnc2c(Cl)cc(Cl)cn12)C(=O)Nc1ccc(Cl)cc1C(F)(F)F. The number of amides is 1. The summed E-state index contributed by atoms with van der Waals surface area (Å²) in [5.74, 6) is -0.650. The summed E-state index contributed by atoms with van der Waals surface area (Å²) in [5.41, 5.74) is -1.07. The van der Waals surface area contributed by atoms with E-state index in [1.54, 1.807) is 0 Å². The molecule has 0 saturated heterocycles. The summed E-state index contributed by atoms with van der Waals surface area (Å²) in [6.07, 6.45) is -3.14. The number of benzene rings is 1. The highest BCUT2D eigenvalue weighted by Crippen LogP contribution is 2.37. The van der Waals surface area contributed by atoms with Crippen molar-refractivity contribution < 1.29 is 18.0 Å². The fourth-order valence-corrected chi connectivity index (χ4v) is 3.79. The van der Waals surface area contributed by atoms with E-state index in [1.807, 2.05) is 0 Å². The van der Waals surface area contributed by atoms with Crippen LogP contribution in [0.1, 0.15) is 12.5 Å². The summed E-state index contributed by atoms with van der Waals surface area (Å²) in [4.78, 5) is 12.4. The van der Waals surface area contributed by atoms with Crippen molar-refractivity contribution in [2.45, 2.75) is 23.5 Å². The minimum atomic E-state index is -4.67. The first-order chi connectivity index (χ1) is 13.1. The summed E-state index contributed by atoms with van der Waals surface area (Å²) >= 11 is 18.6. The van der Waals surface area contributed by atoms with Crippen LogP contribution in [0.4, 0.5) is 18.9 Å². The Hall–Kier alpha value is -1.68. The standard InChI is InChI=1S/C16H10Cl3F3N4OS/c1-7(28-15-25-24-13-11(19)5-9(18)6-26(13)15)14(27)23-12-3-2-8(17)4-10(12)16(20,21)22/h2-7H,1H3,(H,23,27). The lowest BCUT2D eigenvalue weighted by molar-refractivity contribution is -0.137. The first-order valence-corrected chi connectivity index (χ1v) is 9.61. The molecule has 1 atom stereocenters. The van der Waals surface area contributed by atoms with Gasteiger partial charge < -0.3 is 5.32 Å². The molecule has 0 fully saturated rings. The average Bonchev–Trinajstić information content (AvgIpc) is 2.98. The number of nitrogens with zero attached hydrogens (tertiary/aromatic N) is 3. The molecule has 0 aliphatic rings. The molecule has 2 heterocycles. The third kappa shape index (κ3) is 4.48. The smallest absolute Gasteiger partial charge is 0.325 e. The number of hydrogen-bond donors (Lipinski definition) is 1. The molecule has 3 aromatic rings. The van der Waals surface area contributed by atoms with Gasteiger partial charge in [0.1, 0.15) is 0 Å². The molecule has 0 bridgehead atoms. The first-order valence-electron chi connectivity index (χ1n) is 7.60. The molecule has 5 nitrogen and oxygen atoms in total. The van der Waals surface area contributed by atoms with Gasteiger partial charge in [-0.3, -0.25) is 9.20 Å². The van der Waals surface area contributed by atoms with Crippen LogP contribution in [-0.2, 0) is 11.0 Å². The Morgan fingerprint density at radius 3 is 2.57 bits per heavy atom. The van der Waals surface area contributed by atoms with E-state index in [0.29, 0.717) is 15.8 Å². The normalized spacial score (nSPS) is 13.0. The predicted molar refractivity (Wildman–Crippen MR) is 103 cm³/mol. The number of aromatic nitrogens is 3. The number of fused-ring (bicyclic) bond motifs is 1. The number of pyridine rings is 1. The lowest BCUT2D eigenvalue weighted by atomic mass is 10.1. The van der Waals surface area contributed by atoms with Crippen LogP contribution in [0.25, 0.3) is 5.65 Å². The Morgan fingerprint density at radius 2 is 1.89 bits per heavy atom. The van der Waals surface area contributed by atoms with Gasteiger partial charge in [0, 0.05) is 11.2 Å². The Morgan fingerprint density at radius 1 is 1.18 bits per heavy atom. The van der Waals surface area contributed by atoms with E-state index < -0.39 is 22.9 Å². The Labute approximate surface area is 176 Å². The molecule has 148 valence electrons. The van der Waals surface area contributed by atoms with Gasteiger partial charge in [-0.1, -0.05) is 46.6 Å². The van der Waals surface area contributed by atoms with Crippen LogP contribution >= 0.6 is 46.6 Å². The zero-order valence-electron chi connectivity index (χ0n) is 13.9. The number of thioether (sulfide) groups is 1. The summed E-state index contributed by atoms with van der Waals surface area (Å²) in [7, 11) is 0. The molecular weight excluding hydrogens is 460 g/mol. The van der Waals surface area contributed by atoms with Crippen molar-refractivity contribution in [1.82, 2.24) is 14.6 Å². The molecule has 28 heavy (non-hydrogen) atoms. The molecular formula is C16H10Cl3F3N4OS. The maximum atomic E-state index is 13.2. The van der Waals surface area contributed by atoms with Crippen LogP contribution in [0.15, 0.2) is 35.6 Å². The Balaban J connectivity index is 1.82. The van der Waals surface area contributed by atoms with Crippen LogP contribution in [0.5, 0.6) is 0 Å². The number of hydrogen-bond acceptors (Lipinski definition) is 4. The molecule has 0 aliphatic carbocycles. The summed E-state index contributed by atoms with van der Waals surface area (Å²) in [6.45, 7) is 1.52. The summed E-state index contributed by atoms with van der Waals surface area (Å²) < 4.78 is 41.0. The van der Waals surface area contributed by atoms with E-state index >= 15 is 0 Å². The highest BCUT2D eigenvalue weighted by atomic mass is 35.5. The molecule has 2 aromatic heterocycles.